The van der Waals surface area contributed by atoms with E-state index in [0.29, 0.717) is 11.5 Å². The summed E-state index contributed by atoms with van der Waals surface area (Å²) in [5.74, 6) is 0.793. The fraction of sp³-hybridized carbons (Fsp3) is 0.600. The number of fused-ring (bicyclic) bond motifs is 2. The summed E-state index contributed by atoms with van der Waals surface area (Å²) in [6.07, 6.45) is 6.31. The third-order valence-electron chi connectivity index (χ3n) is 6.95. The van der Waals surface area contributed by atoms with Crippen molar-refractivity contribution in [2.45, 2.75) is 118 Å². The molecule has 0 bridgehead atoms. The van der Waals surface area contributed by atoms with Gasteiger partial charge in [0, 0.05) is 28.2 Å². The van der Waals surface area contributed by atoms with E-state index in [1.165, 1.54) is 11.1 Å². The maximum atomic E-state index is 13.3. The van der Waals surface area contributed by atoms with Crippen LogP contribution < -0.4 is 43.5 Å². The predicted molar refractivity (Wildman–Crippen MR) is 144 cm³/mol. The molecule has 4 nitrogen and oxygen atoms in total. The molecule has 194 valence electrons. The third kappa shape index (κ3) is 7.20. The minimum atomic E-state index is -4.66. The average molecular weight is 523 g/mol. The molecule has 0 aromatic heterocycles. The summed E-state index contributed by atoms with van der Waals surface area (Å²) in [6.45, 7) is 19.1. The minimum Gasteiger partial charge on any atom is -0.736 e. The van der Waals surface area contributed by atoms with Crippen molar-refractivity contribution in [1.82, 2.24) is 0 Å². The maximum absolute atomic E-state index is 13.3. The molecule has 0 saturated heterocycles. The van der Waals surface area contributed by atoms with E-state index in [4.69, 9.17) is 9.05 Å². The smallest absolute Gasteiger partial charge is 0.736 e. The summed E-state index contributed by atoms with van der Waals surface area (Å²) in [4.78, 5) is 13.3. The molecule has 0 unspecified atom stereocenters. The van der Waals surface area contributed by atoms with E-state index < -0.39 is 7.82 Å². The molecule has 1 heterocycles. The number of hydrogen-bond donors (Lipinski definition) is 0. The number of hydrogen-bond acceptors (Lipinski definition) is 4. The first-order chi connectivity index (χ1) is 16.2. The monoisotopic (exact) mass is 522 g/mol. The van der Waals surface area contributed by atoms with Crippen LogP contribution in [0.15, 0.2) is 24.3 Å². The standard InChI is InChI=1S/C30H45O4P.Na/c1-10-12-14-21-16-23-20(3)24-17-22(15-13-11-2)19-26(30(7,8)9)28(24)34-35(31,32)33-27(23)25(18-21)29(4,5)6;/h16-20H,10-15H2,1-9H3,(H,31,32);/q;+1/p-1. The number of phosphoric ester groups is 1. The topological polar surface area (TPSA) is 58.6 Å². The van der Waals surface area contributed by atoms with Crippen molar-refractivity contribution in [2.24, 2.45) is 0 Å². The van der Waals surface area contributed by atoms with E-state index in [1.807, 2.05) is 0 Å². The summed E-state index contributed by atoms with van der Waals surface area (Å²) in [5.41, 5.74) is 5.57. The Morgan fingerprint density at radius 2 is 1.14 bits per heavy atom. The molecule has 0 amide bonds. The quantitative estimate of drug-likeness (QED) is 0.379. The molecule has 1 aliphatic rings. The van der Waals surface area contributed by atoms with Gasteiger partial charge in [-0.3, -0.25) is 0 Å². The van der Waals surface area contributed by atoms with Gasteiger partial charge in [0.1, 0.15) is 11.5 Å². The minimum absolute atomic E-state index is 0. The first kappa shape index (κ1) is 31.4. The van der Waals surface area contributed by atoms with Crippen LogP contribution in [-0.4, -0.2) is 0 Å². The van der Waals surface area contributed by atoms with Gasteiger partial charge in [0.25, 0.3) is 0 Å². The summed E-state index contributed by atoms with van der Waals surface area (Å²) < 4.78 is 24.9. The Morgan fingerprint density at radius 1 is 0.778 bits per heavy atom. The predicted octanol–water partition coefficient (Wildman–Crippen LogP) is 5.36. The Labute approximate surface area is 241 Å². The van der Waals surface area contributed by atoms with E-state index in [-0.39, 0.29) is 46.3 Å². The van der Waals surface area contributed by atoms with Crippen molar-refractivity contribution in [3.63, 3.8) is 0 Å². The molecule has 0 atom stereocenters. The molecule has 6 heteroatoms. The van der Waals surface area contributed by atoms with E-state index >= 15 is 0 Å². The van der Waals surface area contributed by atoms with Gasteiger partial charge in [0.2, 0.25) is 0 Å². The van der Waals surface area contributed by atoms with Crippen LogP contribution in [0, 0.1) is 0 Å². The van der Waals surface area contributed by atoms with Crippen molar-refractivity contribution in [2.75, 3.05) is 0 Å². The zero-order valence-corrected chi connectivity index (χ0v) is 27.1. The Kier molecular flexibility index (Phi) is 10.4. The SMILES string of the molecule is CCCCc1cc2c(c(C(C)(C)C)c1)OP(=O)([O-])Oc1c(cc(CCCC)cc1C(C)(C)C)C2C.[Na+]. The number of unbranched alkanes of at least 4 members (excludes halogenated alkanes) is 2. The van der Waals surface area contributed by atoms with Crippen molar-refractivity contribution < 1.29 is 48.1 Å². The molecule has 0 N–H and O–H groups in total. The number of aryl methyl sites for hydroxylation is 2. The second-order valence-corrected chi connectivity index (χ2v) is 13.4. The van der Waals surface area contributed by atoms with E-state index in [2.05, 4.69) is 86.6 Å². The Hall–Kier alpha value is -0.770. The molecule has 2 aromatic rings. The van der Waals surface area contributed by atoms with E-state index in [0.717, 1.165) is 60.8 Å². The van der Waals surface area contributed by atoms with Gasteiger partial charge in [-0.1, -0.05) is 99.4 Å². The van der Waals surface area contributed by atoms with Crippen LogP contribution >= 0.6 is 7.82 Å². The van der Waals surface area contributed by atoms with Gasteiger partial charge in [0.05, 0.1) is 0 Å². The maximum Gasteiger partial charge on any atom is 1.00 e. The van der Waals surface area contributed by atoms with Crippen LogP contribution in [0.3, 0.4) is 0 Å². The van der Waals surface area contributed by atoms with Crippen LogP contribution in [0.4, 0.5) is 0 Å². The van der Waals surface area contributed by atoms with Gasteiger partial charge in [0.15, 0.2) is 0 Å². The van der Waals surface area contributed by atoms with E-state index in [9.17, 15) is 9.46 Å². The van der Waals surface area contributed by atoms with Gasteiger partial charge in [-0.05, 0) is 47.6 Å². The largest absolute Gasteiger partial charge is 1.00 e. The summed E-state index contributed by atoms with van der Waals surface area (Å²) in [7, 11) is -4.66. The molecule has 36 heavy (non-hydrogen) atoms. The average Bonchev–Trinajstić information content (AvgIpc) is 2.74. The van der Waals surface area contributed by atoms with Crippen LogP contribution in [0.25, 0.3) is 0 Å². The fourth-order valence-corrected chi connectivity index (χ4v) is 5.74. The molecule has 2 aromatic carbocycles. The van der Waals surface area contributed by atoms with Crippen LogP contribution in [-0.2, 0) is 28.2 Å². The van der Waals surface area contributed by atoms with E-state index in [1.54, 1.807) is 0 Å². The first-order valence-corrected chi connectivity index (χ1v) is 14.7. The van der Waals surface area contributed by atoms with Crippen molar-refractivity contribution >= 4 is 7.82 Å². The molecule has 1 aliphatic heterocycles. The Bertz CT molecular complexity index is 1030. The Balaban J connectivity index is 0.00000456. The third-order valence-corrected chi connectivity index (χ3v) is 7.76. The number of benzene rings is 2. The second kappa shape index (κ2) is 12.0. The molecule has 0 aliphatic carbocycles. The summed E-state index contributed by atoms with van der Waals surface area (Å²) >= 11 is 0. The van der Waals surface area contributed by atoms with Gasteiger partial charge in [-0.25, -0.2) is 4.57 Å². The molecule has 0 saturated carbocycles. The van der Waals surface area contributed by atoms with Crippen LogP contribution in [0.2, 0.25) is 0 Å². The fourth-order valence-electron chi connectivity index (χ4n) is 4.85. The van der Waals surface area contributed by atoms with Gasteiger partial charge < -0.3 is 13.9 Å². The van der Waals surface area contributed by atoms with Crippen LogP contribution in [0.5, 0.6) is 11.5 Å². The molecule has 3 rings (SSSR count). The van der Waals surface area contributed by atoms with Gasteiger partial charge in [-0.15, -0.1) is 0 Å². The zero-order valence-electron chi connectivity index (χ0n) is 24.2. The summed E-state index contributed by atoms with van der Waals surface area (Å²) in [6, 6.07) is 8.58. The van der Waals surface area contributed by atoms with Crippen LogP contribution in [0.1, 0.15) is 127 Å². The molecular formula is C30H44NaO4P. The molecule has 0 fully saturated rings. The Morgan fingerprint density at radius 3 is 1.44 bits per heavy atom. The van der Waals surface area contributed by atoms with Gasteiger partial charge >= 0.3 is 37.4 Å². The van der Waals surface area contributed by atoms with Gasteiger partial charge in [-0.2, -0.15) is 0 Å². The molecule has 0 radical (unpaired) electrons. The number of rotatable bonds is 6. The summed E-state index contributed by atoms with van der Waals surface area (Å²) in [5, 5.41) is 0. The molecular weight excluding hydrogens is 478 g/mol. The van der Waals surface area contributed by atoms with Crippen molar-refractivity contribution in [3.8, 4) is 11.5 Å². The van der Waals surface area contributed by atoms with Crippen molar-refractivity contribution in [1.29, 1.82) is 0 Å². The zero-order chi connectivity index (χ0) is 26.2. The van der Waals surface area contributed by atoms with Crippen molar-refractivity contribution in [3.05, 3.63) is 57.6 Å². The first-order valence-electron chi connectivity index (χ1n) is 13.2. The number of phosphoric acid groups is 1. The second-order valence-electron chi connectivity index (χ2n) is 12.2. The molecule has 0 spiro atoms. The normalized spacial score (nSPS) is 19.7.